The second-order valence-electron chi connectivity index (χ2n) is 28.4. The van der Waals surface area contributed by atoms with E-state index in [9.17, 15) is 60.2 Å². The number of ether oxygens (including phenoxy) is 1. The largest absolute Gasteiger partial charge is 0.417 e. The van der Waals surface area contributed by atoms with Gasteiger partial charge in [0, 0.05) is 73.8 Å². The third kappa shape index (κ3) is 19.6. The molecule has 101 heavy (non-hydrogen) atoms. The first-order valence-electron chi connectivity index (χ1n) is 35.1. The lowest BCUT2D eigenvalue weighted by Crippen LogP contribution is -2.68. The highest BCUT2D eigenvalue weighted by molar-refractivity contribution is 6.31. The van der Waals surface area contributed by atoms with Crippen LogP contribution < -0.4 is 16.0 Å². The van der Waals surface area contributed by atoms with Gasteiger partial charge in [0.1, 0.15) is 48.0 Å². The summed E-state index contributed by atoms with van der Waals surface area (Å²) in [4.78, 5) is 159. The first-order chi connectivity index (χ1) is 47.2. The summed E-state index contributed by atoms with van der Waals surface area (Å²) in [6.45, 7) is 16.5. The first-order valence-corrected chi connectivity index (χ1v) is 35.5. The monoisotopic (exact) mass is 1450 g/mol. The molecule has 2 aromatic carbocycles. The first kappa shape index (κ1) is 82.8. The van der Waals surface area contributed by atoms with E-state index in [0.29, 0.717) is 19.3 Å². The molecule has 23 nitrogen and oxygen atoms in total. The highest BCUT2D eigenvalue weighted by Crippen LogP contribution is 2.39. The van der Waals surface area contributed by atoms with Crippen LogP contribution in [-0.4, -0.2) is 244 Å². The smallest absolute Gasteiger partial charge is 0.377 e. The fraction of sp³-hybridized carbons (Fsp3) is 0.690. The zero-order valence-electron chi connectivity index (χ0n) is 60.8. The molecule has 30 heteroatoms. The second-order valence-corrected chi connectivity index (χ2v) is 28.8. The quantitative estimate of drug-likeness (QED) is 0.147. The SMILES string of the molecule is CCO[C@@H]1C[C@H]2C(=O)NC3(CCC3)C(=O)N(C)[C@@H]([C@@H](C)CC)C(=O)N(C)[C@H](C)CC(=O)N(C)[C@@H](CC(C)C)C(=O)N[C@@H]([C@@H](C)CC)C(=O)N(C)[C@@H](C)C(=O)N3CC[C@H]3C(O)N(CC)[C@@H](Cc3ccc(C(F)(F)F)cc3)C(=O)N(C)CC(=O)N[C@@H](CCc3ccc(C(F)(F)F)c(Cl)c3)C(=O)N2C1. The molecule has 1 unspecified atom stereocenters. The van der Waals surface area contributed by atoms with E-state index in [4.69, 9.17) is 16.3 Å². The van der Waals surface area contributed by atoms with Crippen molar-refractivity contribution in [1.29, 1.82) is 0 Å². The van der Waals surface area contributed by atoms with Crippen LogP contribution in [0.15, 0.2) is 42.5 Å². The fourth-order valence-corrected chi connectivity index (χ4v) is 14.1. The van der Waals surface area contributed by atoms with Crippen LogP contribution in [0.3, 0.4) is 0 Å². The number of carbonyl (C=O) groups excluding carboxylic acids is 10. The van der Waals surface area contributed by atoms with Gasteiger partial charge < -0.3 is 60.1 Å². The molecule has 0 radical (unpaired) electrons. The number of benzene rings is 2. The van der Waals surface area contributed by atoms with E-state index < -0.39 is 178 Å². The number of hydrogen-bond donors (Lipinski definition) is 4. The maximum absolute atomic E-state index is 15.4. The number of aliphatic hydroxyl groups is 1. The molecule has 13 atom stereocenters. The van der Waals surface area contributed by atoms with Gasteiger partial charge in [0.15, 0.2) is 0 Å². The summed E-state index contributed by atoms with van der Waals surface area (Å²) in [5.74, 6) is -8.10. The van der Waals surface area contributed by atoms with Gasteiger partial charge in [0.2, 0.25) is 59.1 Å². The minimum Gasteiger partial charge on any atom is -0.377 e. The number of rotatable bonds is 14. The van der Waals surface area contributed by atoms with Crippen LogP contribution >= 0.6 is 11.6 Å². The van der Waals surface area contributed by atoms with Gasteiger partial charge >= 0.3 is 12.4 Å². The molecule has 3 aliphatic heterocycles. The Morgan fingerprint density at radius 2 is 1.33 bits per heavy atom. The van der Waals surface area contributed by atoms with Gasteiger partial charge in [-0.3, -0.25) is 52.8 Å². The highest BCUT2D eigenvalue weighted by atomic mass is 35.5. The van der Waals surface area contributed by atoms with Crippen LogP contribution in [0.2, 0.25) is 5.02 Å². The van der Waals surface area contributed by atoms with Crippen molar-refractivity contribution in [2.45, 2.75) is 231 Å². The molecule has 4 N–H and O–H groups in total. The van der Waals surface area contributed by atoms with Gasteiger partial charge in [-0.2, -0.15) is 26.3 Å². The molecule has 1 saturated carbocycles. The van der Waals surface area contributed by atoms with Crippen LogP contribution in [0, 0.1) is 17.8 Å². The minimum absolute atomic E-state index is 0.0876. The van der Waals surface area contributed by atoms with Crippen molar-refractivity contribution >= 4 is 70.7 Å². The molecule has 564 valence electrons. The van der Waals surface area contributed by atoms with E-state index in [-0.39, 0.29) is 101 Å². The normalized spacial score (nSPS) is 27.6. The number of amides is 10. The van der Waals surface area contributed by atoms with Crippen molar-refractivity contribution in [2.75, 3.05) is 68.0 Å². The molecule has 1 aliphatic carbocycles. The van der Waals surface area contributed by atoms with E-state index >= 15 is 19.2 Å². The molecule has 6 rings (SSSR count). The van der Waals surface area contributed by atoms with Gasteiger partial charge in [-0.25, -0.2) is 0 Å². The number of aryl methyl sites for hydroxylation is 1. The third-order valence-corrected chi connectivity index (χ3v) is 21.4. The van der Waals surface area contributed by atoms with Gasteiger partial charge in [0.05, 0.1) is 40.9 Å². The van der Waals surface area contributed by atoms with E-state index in [2.05, 4.69) is 16.0 Å². The Bertz CT molecular complexity index is 3290. The number of likely N-dealkylation sites (N-methyl/N-ethyl adjacent to an activating group) is 6. The van der Waals surface area contributed by atoms with E-state index in [1.54, 1.807) is 34.6 Å². The molecule has 2 aromatic rings. The Kier molecular flexibility index (Phi) is 28.6. The van der Waals surface area contributed by atoms with Crippen molar-refractivity contribution in [3.05, 3.63) is 69.7 Å². The molecular weight excluding hydrogens is 1350 g/mol. The van der Waals surface area contributed by atoms with Crippen molar-refractivity contribution in [2.24, 2.45) is 17.8 Å². The third-order valence-electron chi connectivity index (χ3n) is 21.0. The molecule has 3 heterocycles. The number of hydrogen-bond acceptors (Lipinski definition) is 13. The van der Waals surface area contributed by atoms with Crippen molar-refractivity contribution in [3.8, 4) is 0 Å². The van der Waals surface area contributed by atoms with Gasteiger partial charge in [0.25, 0.3) is 0 Å². The van der Waals surface area contributed by atoms with Crippen LogP contribution in [0.1, 0.15) is 156 Å². The molecule has 0 aromatic heterocycles. The number of nitrogens with zero attached hydrogens (tertiary/aromatic N) is 8. The number of halogens is 7. The van der Waals surface area contributed by atoms with E-state index in [0.717, 1.165) is 47.4 Å². The lowest BCUT2D eigenvalue weighted by atomic mass is 9.74. The lowest BCUT2D eigenvalue weighted by molar-refractivity contribution is -0.166. The Hall–Kier alpha value is -7.11. The number of alkyl halides is 6. The Morgan fingerprint density at radius 1 is 0.703 bits per heavy atom. The summed E-state index contributed by atoms with van der Waals surface area (Å²) in [6.07, 6.45) is -11.3. The van der Waals surface area contributed by atoms with Crippen LogP contribution in [0.25, 0.3) is 0 Å². The molecule has 0 bridgehead atoms. The van der Waals surface area contributed by atoms with Crippen molar-refractivity contribution in [3.63, 3.8) is 0 Å². The molecule has 10 amide bonds. The standard InChI is InChI=1S/C71H104ClF6N11O12/c1-16-41(7)58-66(98)84(13)44(10)62(94)88-32-29-52(88)65(97)87(18-3)55(36-46-21-25-47(26-22-46)70(73,74)75)64(96)82(11)39-56(90)79-51(28-24-45-23-27-49(50(72)35-45)71(76,77)78)63(95)89-38-48(101-19-4)37-54(89)61(93)81-69(30-20-31-69)68(100)86(15)59(42(8)17-2)67(99)83(12)43(9)34-57(91)85(14)53(33-40(5)6)60(92)80-58/h21-23,25-27,35,40-44,48,51-55,58-59,65,97H,16-20,24,28-34,36-39H2,1-15H3,(H,79,90)(H,80,92)(H,81,93)/t41-,42-,43+,44-,48+,51-,52-,53-,54-,55-,58-,59-,65?/m0/s1. The van der Waals surface area contributed by atoms with Gasteiger partial charge in [-0.15, -0.1) is 0 Å². The second kappa shape index (κ2) is 34.9. The highest BCUT2D eigenvalue weighted by Gasteiger charge is 2.53. The number of aliphatic hydroxyl groups excluding tert-OH is 1. The summed E-state index contributed by atoms with van der Waals surface area (Å²) in [5.41, 5.74) is -3.26. The topological polar surface area (TPSA) is 262 Å². The maximum atomic E-state index is 15.4. The zero-order chi connectivity index (χ0) is 75.7. The van der Waals surface area contributed by atoms with E-state index in [1.807, 2.05) is 27.7 Å². The molecule has 4 aliphatic rings. The summed E-state index contributed by atoms with van der Waals surface area (Å²) in [5, 5.41) is 20.4. The predicted molar refractivity (Wildman–Crippen MR) is 365 cm³/mol. The number of carbonyl (C=O) groups is 10. The van der Waals surface area contributed by atoms with Gasteiger partial charge in [-0.05, 0) is 132 Å². The van der Waals surface area contributed by atoms with Gasteiger partial charge in [-0.1, -0.05) is 91.1 Å². The summed E-state index contributed by atoms with van der Waals surface area (Å²) >= 11 is 6.15. The molecule has 4 fully saturated rings. The molecule has 3 saturated heterocycles. The number of nitrogens with one attached hydrogen (secondary N) is 3. The fourth-order valence-electron chi connectivity index (χ4n) is 13.8. The molecule has 1 spiro atoms. The average molecular weight is 1450 g/mol. The predicted octanol–water partition coefficient (Wildman–Crippen LogP) is 6.53. The summed E-state index contributed by atoms with van der Waals surface area (Å²) in [6, 6.07) is -3.93. The summed E-state index contributed by atoms with van der Waals surface area (Å²) < 4.78 is 89.4. The summed E-state index contributed by atoms with van der Waals surface area (Å²) in [7, 11) is 7.07. The van der Waals surface area contributed by atoms with E-state index in [1.165, 1.54) is 76.5 Å². The maximum Gasteiger partial charge on any atom is 0.417 e. The Balaban J connectivity index is 1.46. The Morgan fingerprint density at radius 3 is 1.85 bits per heavy atom. The van der Waals surface area contributed by atoms with Crippen LogP contribution in [0.4, 0.5) is 26.3 Å². The minimum atomic E-state index is -4.81. The zero-order valence-corrected chi connectivity index (χ0v) is 61.6. The van der Waals surface area contributed by atoms with Crippen LogP contribution in [0.5, 0.6) is 0 Å². The average Bonchev–Trinajstić information content (AvgIpc) is 1.22. The lowest BCUT2D eigenvalue weighted by Gasteiger charge is -2.49. The van der Waals surface area contributed by atoms with Crippen molar-refractivity contribution < 1.29 is 84.1 Å². The van der Waals surface area contributed by atoms with Crippen LogP contribution in [-0.2, 0) is 77.9 Å². The molecular formula is C71H104ClF6N11O12. The van der Waals surface area contributed by atoms with Crippen molar-refractivity contribution in [1.82, 2.24) is 55.1 Å². The Labute approximate surface area is 594 Å². The number of fused-ring (bicyclic) bond motifs is 2.